The largest absolute Gasteiger partial charge is 0.497 e. The van der Waals surface area contributed by atoms with E-state index >= 15 is 0 Å². The lowest BCUT2D eigenvalue weighted by atomic mass is 10.1. The Labute approximate surface area is 183 Å². The molecule has 0 unspecified atom stereocenters. The van der Waals surface area contributed by atoms with Crippen molar-refractivity contribution < 1.29 is 31.8 Å². The molecule has 3 aromatic heterocycles. The molecular weight excluding hydrogens is 446 g/mol. The van der Waals surface area contributed by atoms with E-state index in [4.69, 9.17) is 15.2 Å². The summed E-state index contributed by atoms with van der Waals surface area (Å²) in [4.78, 5) is 19.1. The molecule has 3 heterocycles. The smallest absolute Gasteiger partial charge is 0.433 e. The molecule has 0 aliphatic carbocycles. The van der Waals surface area contributed by atoms with Gasteiger partial charge in [0, 0.05) is 30.0 Å². The highest BCUT2D eigenvalue weighted by atomic mass is 19.4. The SMILES string of the molecule is COc1ccc(-c2cc(C(N)=O)nc3cc(COc4ccnc(C(F)(F)F)c4)nn23)c(F)c1. The van der Waals surface area contributed by atoms with Crippen molar-refractivity contribution in [2.45, 2.75) is 12.8 Å². The second kappa shape index (κ2) is 8.37. The van der Waals surface area contributed by atoms with Crippen molar-refractivity contribution in [2.75, 3.05) is 7.11 Å². The average Bonchev–Trinajstić information content (AvgIpc) is 3.20. The predicted molar refractivity (Wildman–Crippen MR) is 107 cm³/mol. The van der Waals surface area contributed by atoms with Gasteiger partial charge in [-0.05, 0) is 24.3 Å². The van der Waals surface area contributed by atoms with E-state index in [0.717, 1.165) is 12.3 Å². The lowest BCUT2D eigenvalue weighted by molar-refractivity contribution is -0.141. The number of hydrogen-bond acceptors (Lipinski definition) is 6. The third-order valence-corrected chi connectivity index (χ3v) is 4.59. The fourth-order valence-corrected chi connectivity index (χ4v) is 3.05. The maximum atomic E-state index is 14.7. The molecule has 0 saturated carbocycles. The number of amides is 1. The monoisotopic (exact) mass is 461 g/mol. The van der Waals surface area contributed by atoms with Gasteiger partial charge in [-0.25, -0.2) is 13.9 Å². The molecule has 0 fully saturated rings. The molecule has 0 saturated heterocycles. The normalized spacial score (nSPS) is 11.5. The summed E-state index contributed by atoms with van der Waals surface area (Å²) < 4.78 is 64.9. The number of nitrogens with zero attached hydrogens (tertiary/aromatic N) is 4. The lowest BCUT2D eigenvalue weighted by Gasteiger charge is -2.09. The molecule has 4 aromatic rings. The standard InChI is InChI=1S/C21H15F4N5O3/c1-32-12-2-3-14(15(22)7-12)17-9-16(20(26)31)28-19-6-11(29-30(17)19)10-33-13-4-5-27-18(8-13)21(23,24)25/h2-9H,10H2,1H3,(H2,26,31). The number of hydrogen-bond donors (Lipinski definition) is 1. The van der Waals surface area contributed by atoms with Gasteiger partial charge in [-0.3, -0.25) is 9.78 Å². The third kappa shape index (κ3) is 4.54. The van der Waals surface area contributed by atoms with Crippen molar-refractivity contribution >= 4 is 11.6 Å². The van der Waals surface area contributed by atoms with Crippen LogP contribution in [-0.4, -0.2) is 32.6 Å². The molecule has 0 aliphatic heterocycles. The molecule has 0 spiro atoms. The number of carbonyl (C=O) groups excluding carboxylic acids is 1. The molecule has 170 valence electrons. The number of alkyl halides is 3. The van der Waals surface area contributed by atoms with Crippen LogP contribution in [0.4, 0.5) is 17.6 Å². The number of nitrogens with two attached hydrogens (primary N) is 1. The Morgan fingerprint density at radius 2 is 1.91 bits per heavy atom. The maximum Gasteiger partial charge on any atom is 0.433 e. The number of aromatic nitrogens is 4. The quantitative estimate of drug-likeness (QED) is 0.440. The lowest BCUT2D eigenvalue weighted by Crippen LogP contribution is -2.14. The zero-order valence-corrected chi connectivity index (χ0v) is 16.9. The highest BCUT2D eigenvalue weighted by Crippen LogP contribution is 2.30. The molecule has 1 aromatic carbocycles. The fraction of sp³-hybridized carbons (Fsp3) is 0.143. The second-order valence-electron chi connectivity index (χ2n) is 6.81. The van der Waals surface area contributed by atoms with Crippen LogP contribution in [0.3, 0.4) is 0 Å². The van der Waals surface area contributed by atoms with E-state index in [0.29, 0.717) is 5.75 Å². The second-order valence-corrected chi connectivity index (χ2v) is 6.81. The molecule has 4 rings (SSSR count). The van der Waals surface area contributed by atoms with Gasteiger partial charge in [0.2, 0.25) is 0 Å². The first-order valence-corrected chi connectivity index (χ1v) is 9.35. The van der Waals surface area contributed by atoms with E-state index in [1.807, 2.05) is 0 Å². The van der Waals surface area contributed by atoms with Crippen molar-refractivity contribution in [3.63, 3.8) is 0 Å². The summed E-state index contributed by atoms with van der Waals surface area (Å²) in [7, 11) is 1.39. The predicted octanol–water partition coefficient (Wildman–Crippen LogP) is 3.64. The van der Waals surface area contributed by atoms with Crippen molar-refractivity contribution in [2.24, 2.45) is 5.73 Å². The molecule has 0 radical (unpaired) electrons. The Morgan fingerprint density at radius 1 is 1.12 bits per heavy atom. The van der Waals surface area contributed by atoms with Gasteiger partial charge in [0.05, 0.1) is 12.8 Å². The summed E-state index contributed by atoms with van der Waals surface area (Å²) in [5, 5.41) is 4.30. The van der Waals surface area contributed by atoms with Gasteiger partial charge < -0.3 is 15.2 Å². The highest BCUT2D eigenvalue weighted by molar-refractivity contribution is 5.92. The van der Waals surface area contributed by atoms with Crippen molar-refractivity contribution in [1.82, 2.24) is 19.6 Å². The van der Waals surface area contributed by atoms with Crippen LogP contribution in [0.2, 0.25) is 0 Å². The van der Waals surface area contributed by atoms with Crippen LogP contribution in [0.25, 0.3) is 16.9 Å². The van der Waals surface area contributed by atoms with E-state index in [1.165, 1.54) is 48.0 Å². The van der Waals surface area contributed by atoms with E-state index in [1.54, 1.807) is 0 Å². The van der Waals surface area contributed by atoms with E-state index in [-0.39, 0.29) is 40.6 Å². The summed E-state index contributed by atoms with van der Waals surface area (Å²) in [5.41, 5.74) is 4.86. The van der Waals surface area contributed by atoms with Crippen LogP contribution in [0.5, 0.6) is 11.5 Å². The van der Waals surface area contributed by atoms with Gasteiger partial charge in [-0.1, -0.05) is 0 Å². The Hall–Kier alpha value is -4.22. The number of primary amides is 1. The van der Waals surface area contributed by atoms with Crippen LogP contribution >= 0.6 is 0 Å². The number of fused-ring (bicyclic) bond motifs is 1. The number of benzene rings is 1. The highest BCUT2D eigenvalue weighted by Gasteiger charge is 2.32. The minimum Gasteiger partial charge on any atom is -0.497 e. The Bertz CT molecular complexity index is 1350. The Morgan fingerprint density at radius 3 is 2.58 bits per heavy atom. The molecule has 1 amide bonds. The summed E-state index contributed by atoms with van der Waals surface area (Å²) in [6.45, 7) is -0.221. The molecule has 8 nitrogen and oxygen atoms in total. The van der Waals surface area contributed by atoms with Crippen LogP contribution in [0, 0.1) is 5.82 Å². The Balaban J connectivity index is 1.71. The van der Waals surface area contributed by atoms with Crippen molar-refractivity contribution in [3.05, 3.63) is 71.6 Å². The van der Waals surface area contributed by atoms with E-state index < -0.39 is 23.6 Å². The van der Waals surface area contributed by atoms with E-state index in [2.05, 4.69) is 15.1 Å². The van der Waals surface area contributed by atoms with Gasteiger partial charge in [0.15, 0.2) is 5.65 Å². The summed E-state index contributed by atoms with van der Waals surface area (Å²) in [6, 6.07) is 8.91. The molecule has 0 bridgehead atoms. The number of rotatable bonds is 6. The number of pyridine rings is 1. The van der Waals surface area contributed by atoms with Gasteiger partial charge in [0.1, 0.15) is 41.0 Å². The minimum atomic E-state index is -4.62. The number of halogens is 4. The van der Waals surface area contributed by atoms with Crippen LogP contribution in [-0.2, 0) is 12.8 Å². The molecule has 2 N–H and O–H groups in total. The molecule has 0 atom stereocenters. The number of methoxy groups -OCH3 is 1. The van der Waals surface area contributed by atoms with Crippen LogP contribution < -0.4 is 15.2 Å². The number of ether oxygens (including phenoxy) is 2. The molecule has 12 heteroatoms. The summed E-state index contributed by atoms with van der Waals surface area (Å²) in [5.74, 6) is -1.24. The first-order valence-electron chi connectivity index (χ1n) is 9.35. The zero-order valence-electron chi connectivity index (χ0n) is 16.9. The fourth-order valence-electron chi connectivity index (χ4n) is 3.05. The molecular formula is C21H15F4N5O3. The van der Waals surface area contributed by atoms with Gasteiger partial charge in [-0.15, -0.1) is 0 Å². The first-order chi connectivity index (χ1) is 15.7. The molecule has 33 heavy (non-hydrogen) atoms. The van der Waals surface area contributed by atoms with Crippen LogP contribution in [0.1, 0.15) is 21.9 Å². The van der Waals surface area contributed by atoms with Crippen molar-refractivity contribution in [3.8, 4) is 22.8 Å². The minimum absolute atomic E-state index is 0.0680. The van der Waals surface area contributed by atoms with Gasteiger partial charge in [0.25, 0.3) is 5.91 Å². The van der Waals surface area contributed by atoms with Gasteiger partial charge >= 0.3 is 6.18 Å². The molecule has 0 aliphatic rings. The van der Waals surface area contributed by atoms with E-state index in [9.17, 15) is 22.4 Å². The third-order valence-electron chi connectivity index (χ3n) is 4.59. The van der Waals surface area contributed by atoms with Crippen LogP contribution in [0.15, 0.2) is 48.7 Å². The zero-order chi connectivity index (χ0) is 23.8. The summed E-state index contributed by atoms with van der Waals surface area (Å²) >= 11 is 0. The summed E-state index contributed by atoms with van der Waals surface area (Å²) in [6.07, 6.45) is -3.64. The van der Waals surface area contributed by atoms with Crippen molar-refractivity contribution in [1.29, 1.82) is 0 Å². The Kier molecular flexibility index (Phi) is 5.58. The maximum absolute atomic E-state index is 14.7. The average molecular weight is 461 g/mol. The number of carbonyl (C=O) groups is 1. The first kappa shape index (κ1) is 22.0. The topological polar surface area (TPSA) is 105 Å². The van der Waals surface area contributed by atoms with Gasteiger partial charge in [-0.2, -0.15) is 18.3 Å².